The molecule has 1 aliphatic rings. The number of nitrogens with zero attached hydrogens (tertiary/aromatic N) is 1. The number of aliphatic hydroxyl groups excluding tert-OH is 1. The Kier molecular flexibility index (Phi) is 5.37. The molecule has 0 aliphatic carbocycles. The molecule has 0 bridgehead atoms. The number of benzene rings is 1. The molecule has 1 fully saturated rings. The van der Waals surface area contributed by atoms with Gasteiger partial charge in [-0.05, 0) is 50.9 Å². The summed E-state index contributed by atoms with van der Waals surface area (Å²) >= 11 is 3.31. The predicted molar refractivity (Wildman–Crippen MR) is 78.6 cm³/mol. The van der Waals surface area contributed by atoms with E-state index in [0.29, 0.717) is 18.0 Å². The van der Waals surface area contributed by atoms with Crippen molar-refractivity contribution >= 4 is 15.9 Å². The molecule has 1 aliphatic heterocycles. The Morgan fingerprint density at radius 3 is 3.00 bits per heavy atom. The molecule has 1 saturated heterocycles. The van der Waals surface area contributed by atoms with Gasteiger partial charge in [0.1, 0.15) is 5.82 Å². The van der Waals surface area contributed by atoms with E-state index in [2.05, 4.69) is 27.8 Å². The summed E-state index contributed by atoms with van der Waals surface area (Å²) in [6.45, 7) is 4.15. The third-order valence-electron chi connectivity index (χ3n) is 3.95. The predicted octanol–water partition coefficient (Wildman–Crippen LogP) is 3.89. The van der Waals surface area contributed by atoms with Crippen LogP contribution < -0.4 is 0 Å². The Bertz CT molecular complexity index is 427. The van der Waals surface area contributed by atoms with Crippen molar-refractivity contribution in [2.24, 2.45) is 0 Å². The SMILES string of the molecule is CC1CCCCN1CCC(O)c1cc(Br)ccc1F. The summed E-state index contributed by atoms with van der Waals surface area (Å²) in [5, 5.41) is 10.2. The topological polar surface area (TPSA) is 23.5 Å². The normalized spacial score (nSPS) is 22.4. The maximum atomic E-state index is 13.7. The van der Waals surface area contributed by atoms with E-state index in [0.717, 1.165) is 17.6 Å². The van der Waals surface area contributed by atoms with Crippen LogP contribution in [0.3, 0.4) is 0 Å². The molecule has 0 aromatic heterocycles. The fraction of sp³-hybridized carbons (Fsp3) is 0.600. The minimum absolute atomic E-state index is 0.331. The lowest BCUT2D eigenvalue weighted by molar-refractivity contribution is 0.107. The maximum absolute atomic E-state index is 13.7. The van der Waals surface area contributed by atoms with Crippen molar-refractivity contribution in [3.05, 3.63) is 34.1 Å². The fourth-order valence-corrected chi connectivity index (χ4v) is 3.08. The molecule has 0 spiro atoms. The van der Waals surface area contributed by atoms with E-state index in [1.165, 1.54) is 25.3 Å². The Labute approximate surface area is 122 Å². The molecule has 1 heterocycles. The molecule has 0 saturated carbocycles. The highest BCUT2D eigenvalue weighted by Crippen LogP contribution is 2.25. The molecule has 0 radical (unpaired) electrons. The molecule has 1 aromatic carbocycles. The van der Waals surface area contributed by atoms with Crippen LogP contribution in [-0.2, 0) is 0 Å². The van der Waals surface area contributed by atoms with Gasteiger partial charge in [0.15, 0.2) is 0 Å². The van der Waals surface area contributed by atoms with Gasteiger partial charge in [-0.1, -0.05) is 22.4 Å². The van der Waals surface area contributed by atoms with Gasteiger partial charge in [0.25, 0.3) is 0 Å². The molecule has 4 heteroatoms. The molecule has 106 valence electrons. The highest BCUT2D eigenvalue weighted by molar-refractivity contribution is 9.10. The third-order valence-corrected chi connectivity index (χ3v) is 4.44. The molecule has 1 aromatic rings. The molecule has 1 N–H and O–H groups in total. The summed E-state index contributed by atoms with van der Waals surface area (Å²) in [5.74, 6) is -0.331. The molecule has 19 heavy (non-hydrogen) atoms. The van der Waals surface area contributed by atoms with E-state index >= 15 is 0 Å². The van der Waals surface area contributed by atoms with Gasteiger partial charge in [-0.25, -0.2) is 4.39 Å². The Morgan fingerprint density at radius 2 is 2.26 bits per heavy atom. The van der Waals surface area contributed by atoms with Gasteiger partial charge in [-0.15, -0.1) is 0 Å². The van der Waals surface area contributed by atoms with Crippen LogP contribution in [0.25, 0.3) is 0 Å². The van der Waals surface area contributed by atoms with Gasteiger partial charge in [0, 0.05) is 22.6 Å². The summed E-state index contributed by atoms with van der Waals surface area (Å²) < 4.78 is 14.5. The van der Waals surface area contributed by atoms with E-state index < -0.39 is 6.10 Å². The molecule has 2 unspecified atom stereocenters. The number of hydrogen-bond acceptors (Lipinski definition) is 2. The van der Waals surface area contributed by atoms with Gasteiger partial charge < -0.3 is 10.0 Å². The van der Waals surface area contributed by atoms with Gasteiger partial charge in [-0.2, -0.15) is 0 Å². The average molecular weight is 330 g/mol. The molecule has 2 atom stereocenters. The number of likely N-dealkylation sites (tertiary alicyclic amines) is 1. The zero-order valence-corrected chi connectivity index (χ0v) is 12.9. The number of hydrogen-bond donors (Lipinski definition) is 1. The van der Waals surface area contributed by atoms with Crippen molar-refractivity contribution < 1.29 is 9.50 Å². The van der Waals surface area contributed by atoms with Crippen LogP contribution in [0.4, 0.5) is 4.39 Å². The Hall–Kier alpha value is -0.450. The third kappa shape index (κ3) is 4.01. The van der Waals surface area contributed by atoms with Crippen LogP contribution in [0.15, 0.2) is 22.7 Å². The zero-order chi connectivity index (χ0) is 13.8. The summed E-state index contributed by atoms with van der Waals surface area (Å²) in [4.78, 5) is 2.39. The minimum atomic E-state index is -0.730. The fourth-order valence-electron chi connectivity index (χ4n) is 2.70. The largest absolute Gasteiger partial charge is 0.388 e. The van der Waals surface area contributed by atoms with E-state index in [1.54, 1.807) is 12.1 Å². The van der Waals surface area contributed by atoms with Crippen LogP contribution in [0.2, 0.25) is 0 Å². The van der Waals surface area contributed by atoms with Crippen LogP contribution in [-0.4, -0.2) is 29.1 Å². The van der Waals surface area contributed by atoms with Crippen LogP contribution in [0, 0.1) is 5.82 Å². The van der Waals surface area contributed by atoms with Gasteiger partial charge in [-0.3, -0.25) is 0 Å². The standard InChI is InChI=1S/C15H21BrFNO/c1-11-4-2-3-8-18(11)9-7-15(19)13-10-12(16)5-6-14(13)17/h5-6,10-11,15,19H,2-4,7-9H2,1H3. The van der Waals surface area contributed by atoms with Crippen molar-refractivity contribution in [1.29, 1.82) is 0 Å². The molecular weight excluding hydrogens is 309 g/mol. The van der Waals surface area contributed by atoms with Crippen molar-refractivity contribution in [3.63, 3.8) is 0 Å². The summed E-state index contributed by atoms with van der Waals surface area (Å²) in [6, 6.07) is 5.29. The molecule has 2 nitrogen and oxygen atoms in total. The smallest absolute Gasteiger partial charge is 0.129 e. The first-order chi connectivity index (χ1) is 9.08. The first kappa shape index (κ1) is 14.9. The van der Waals surface area contributed by atoms with Crippen molar-refractivity contribution in [3.8, 4) is 0 Å². The first-order valence-corrected chi connectivity index (χ1v) is 7.74. The lowest BCUT2D eigenvalue weighted by Crippen LogP contribution is -2.38. The van der Waals surface area contributed by atoms with Crippen LogP contribution in [0.1, 0.15) is 44.3 Å². The average Bonchev–Trinajstić information content (AvgIpc) is 2.40. The number of aliphatic hydroxyl groups is 1. The highest BCUT2D eigenvalue weighted by atomic mass is 79.9. The monoisotopic (exact) mass is 329 g/mol. The second kappa shape index (κ2) is 6.82. The first-order valence-electron chi connectivity index (χ1n) is 6.95. The van der Waals surface area contributed by atoms with Crippen molar-refractivity contribution in [1.82, 2.24) is 4.90 Å². The van der Waals surface area contributed by atoms with Crippen molar-refractivity contribution in [2.75, 3.05) is 13.1 Å². The maximum Gasteiger partial charge on any atom is 0.129 e. The number of rotatable bonds is 4. The Morgan fingerprint density at radius 1 is 1.47 bits per heavy atom. The van der Waals surface area contributed by atoms with Crippen molar-refractivity contribution in [2.45, 2.75) is 44.8 Å². The zero-order valence-electron chi connectivity index (χ0n) is 11.3. The van der Waals surface area contributed by atoms with E-state index in [9.17, 15) is 9.50 Å². The van der Waals surface area contributed by atoms with Gasteiger partial charge in [0.2, 0.25) is 0 Å². The number of piperidine rings is 1. The van der Waals surface area contributed by atoms with E-state index in [-0.39, 0.29) is 5.82 Å². The second-order valence-corrected chi connectivity index (χ2v) is 6.27. The lowest BCUT2D eigenvalue weighted by atomic mass is 10.0. The van der Waals surface area contributed by atoms with Crippen LogP contribution >= 0.6 is 15.9 Å². The van der Waals surface area contributed by atoms with Gasteiger partial charge in [0.05, 0.1) is 6.10 Å². The quantitative estimate of drug-likeness (QED) is 0.905. The van der Waals surface area contributed by atoms with E-state index in [4.69, 9.17) is 0 Å². The highest BCUT2D eigenvalue weighted by Gasteiger charge is 2.20. The van der Waals surface area contributed by atoms with Gasteiger partial charge >= 0.3 is 0 Å². The minimum Gasteiger partial charge on any atom is -0.388 e. The second-order valence-electron chi connectivity index (χ2n) is 5.35. The summed E-state index contributed by atoms with van der Waals surface area (Å²) in [5.41, 5.74) is 0.388. The lowest BCUT2D eigenvalue weighted by Gasteiger charge is -2.33. The molecular formula is C15H21BrFNO. The van der Waals surface area contributed by atoms with Crippen LogP contribution in [0.5, 0.6) is 0 Å². The number of halogens is 2. The summed E-state index contributed by atoms with van der Waals surface area (Å²) in [6.07, 6.45) is 3.59. The molecule has 2 rings (SSSR count). The summed E-state index contributed by atoms with van der Waals surface area (Å²) in [7, 11) is 0. The Balaban J connectivity index is 1.93. The molecule has 0 amide bonds. The van der Waals surface area contributed by atoms with E-state index in [1.807, 2.05) is 0 Å².